The number of fused-ring (bicyclic) bond motifs is 1. The summed E-state index contributed by atoms with van der Waals surface area (Å²) in [6, 6.07) is 19.8. The number of carbonyl (C=O) groups excluding carboxylic acids is 2. The number of anilines is 2. The first kappa shape index (κ1) is 19.9. The molecule has 156 valence electrons. The monoisotopic (exact) mass is 454 g/mol. The third-order valence-electron chi connectivity index (χ3n) is 5.51. The Kier molecular flexibility index (Phi) is 4.85. The van der Waals surface area contributed by atoms with Gasteiger partial charge in [-0.25, -0.2) is 9.96 Å². The Balaban J connectivity index is 1.59. The quantitative estimate of drug-likeness (QED) is 0.578. The molecule has 6 nitrogen and oxygen atoms in total. The van der Waals surface area contributed by atoms with Gasteiger partial charge in [0.15, 0.2) is 6.10 Å². The van der Waals surface area contributed by atoms with Gasteiger partial charge in [-0.15, -0.1) is 0 Å². The highest BCUT2D eigenvalue weighted by atomic mass is 35.5. The van der Waals surface area contributed by atoms with Gasteiger partial charge < -0.3 is 5.11 Å². The van der Waals surface area contributed by atoms with Crippen LogP contribution in [0.4, 0.5) is 11.4 Å². The SMILES string of the molecule is O=C1[C@H]2[C@@H](ON(c3ccccc3)[C@H]2c2ccc(O)cc2)C(=O)N1c1ccc(Cl)cc1Cl. The smallest absolute Gasteiger partial charge is 0.266 e. The molecule has 2 heterocycles. The first-order valence-corrected chi connectivity index (χ1v) is 10.3. The molecule has 3 atom stereocenters. The van der Waals surface area contributed by atoms with Crippen LogP contribution in [0.25, 0.3) is 0 Å². The maximum absolute atomic E-state index is 13.5. The number of phenolic OH excluding ortho intramolecular Hbond substituents is 1. The molecule has 2 fully saturated rings. The maximum atomic E-state index is 13.5. The van der Waals surface area contributed by atoms with Crippen molar-refractivity contribution >= 4 is 46.4 Å². The average Bonchev–Trinajstić information content (AvgIpc) is 3.26. The zero-order valence-electron chi connectivity index (χ0n) is 16.0. The number of nitrogens with zero attached hydrogens (tertiary/aromatic N) is 2. The number of carbonyl (C=O) groups is 2. The van der Waals surface area contributed by atoms with E-state index in [1.54, 1.807) is 41.5 Å². The Hall–Kier alpha value is -3.06. The number of amides is 2. The predicted octanol–water partition coefficient (Wildman–Crippen LogP) is 4.75. The standard InChI is InChI=1S/C23H16Cl2N2O4/c24-14-8-11-18(17(25)12-14)26-22(29)19-20(13-6-9-16(28)10-7-13)27(31-21(19)23(26)30)15-4-2-1-3-5-15/h1-12,19-21,28H/t19-,20+,21-/m1/s1. The van der Waals surface area contributed by atoms with Gasteiger partial charge in [0.25, 0.3) is 5.91 Å². The van der Waals surface area contributed by atoms with E-state index in [0.29, 0.717) is 10.7 Å². The Bertz CT molecular complexity index is 1170. The van der Waals surface area contributed by atoms with E-state index in [1.165, 1.54) is 6.07 Å². The van der Waals surface area contributed by atoms with Gasteiger partial charge in [0.1, 0.15) is 11.7 Å². The summed E-state index contributed by atoms with van der Waals surface area (Å²) in [6.07, 6.45) is -1.00. The minimum Gasteiger partial charge on any atom is -0.508 e. The molecule has 2 aliphatic heterocycles. The number of halogens is 2. The van der Waals surface area contributed by atoms with Crippen molar-refractivity contribution in [1.29, 1.82) is 0 Å². The number of benzene rings is 3. The van der Waals surface area contributed by atoms with Crippen molar-refractivity contribution in [2.75, 3.05) is 9.96 Å². The van der Waals surface area contributed by atoms with Crippen LogP contribution < -0.4 is 9.96 Å². The molecule has 2 saturated heterocycles. The largest absolute Gasteiger partial charge is 0.508 e. The van der Waals surface area contributed by atoms with Gasteiger partial charge in [-0.05, 0) is 48.0 Å². The van der Waals surface area contributed by atoms with Crippen molar-refractivity contribution < 1.29 is 19.5 Å². The summed E-state index contributed by atoms with van der Waals surface area (Å²) in [5.41, 5.74) is 1.72. The van der Waals surface area contributed by atoms with Crippen LogP contribution in [0.5, 0.6) is 5.75 Å². The summed E-state index contributed by atoms with van der Waals surface area (Å²) in [6.45, 7) is 0. The van der Waals surface area contributed by atoms with Crippen LogP contribution in [-0.4, -0.2) is 23.0 Å². The van der Waals surface area contributed by atoms with E-state index < -0.39 is 29.9 Å². The van der Waals surface area contributed by atoms with Crippen molar-refractivity contribution in [3.8, 4) is 5.75 Å². The molecule has 0 aliphatic carbocycles. The molecule has 3 aromatic rings. The van der Waals surface area contributed by atoms with Gasteiger partial charge in [-0.2, -0.15) is 0 Å². The van der Waals surface area contributed by atoms with E-state index >= 15 is 0 Å². The summed E-state index contributed by atoms with van der Waals surface area (Å²) < 4.78 is 0. The number of phenols is 1. The van der Waals surface area contributed by atoms with E-state index in [4.69, 9.17) is 28.0 Å². The van der Waals surface area contributed by atoms with E-state index in [-0.39, 0.29) is 16.5 Å². The topological polar surface area (TPSA) is 70.1 Å². The lowest BCUT2D eigenvalue weighted by molar-refractivity contribution is -0.126. The number of hydrogen-bond acceptors (Lipinski definition) is 5. The normalized spacial score (nSPS) is 22.8. The lowest BCUT2D eigenvalue weighted by Crippen LogP contribution is -2.37. The van der Waals surface area contributed by atoms with Gasteiger partial charge in [0.05, 0.1) is 22.4 Å². The molecule has 0 bridgehead atoms. The average molecular weight is 455 g/mol. The lowest BCUT2D eigenvalue weighted by atomic mass is 9.90. The van der Waals surface area contributed by atoms with Crippen LogP contribution >= 0.6 is 23.2 Å². The number of para-hydroxylation sites is 1. The van der Waals surface area contributed by atoms with Gasteiger partial charge in [0, 0.05) is 5.02 Å². The lowest BCUT2D eigenvalue weighted by Gasteiger charge is -2.29. The molecule has 31 heavy (non-hydrogen) atoms. The van der Waals surface area contributed by atoms with E-state index in [1.807, 2.05) is 30.3 Å². The minimum atomic E-state index is -1.00. The van der Waals surface area contributed by atoms with Gasteiger partial charge in [-0.3, -0.25) is 14.4 Å². The molecular formula is C23H16Cl2N2O4. The van der Waals surface area contributed by atoms with Crippen LogP contribution in [0.15, 0.2) is 72.8 Å². The van der Waals surface area contributed by atoms with E-state index in [2.05, 4.69) is 0 Å². The molecule has 2 amide bonds. The second kappa shape index (κ2) is 7.57. The molecular weight excluding hydrogens is 439 g/mol. The minimum absolute atomic E-state index is 0.105. The number of aromatic hydroxyl groups is 1. The Morgan fingerprint density at radius 2 is 1.58 bits per heavy atom. The highest BCUT2D eigenvalue weighted by Crippen LogP contribution is 2.48. The molecule has 0 unspecified atom stereocenters. The Morgan fingerprint density at radius 3 is 2.26 bits per heavy atom. The third-order valence-corrected chi connectivity index (χ3v) is 6.05. The Labute approximate surface area is 188 Å². The van der Waals surface area contributed by atoms with Crippen LogP contribution in [-0.2, 0) is 14.4 Å². The van der Waals surface area contributed by atoms with Gasteiger partial charge in [0.2, 0.25) is 5.91 Å². The zero-order chi connectivity index (χ0) is 21.7. The predicted molar refractivity (Wildman–Crippen MR) is 117 cm³/mol. The summed E-state index contributed by atoms with van der Waals surface area (Å²) >= 11 is 12.3. The Morgan fingerprint density at radius 1 is 0.871 bits per heavy atom. The van der Waals surface area contributed by atoms with Gasteiger partial charge in [-0.1, -0.05) is 53.5 Å². The molecule has 0 radical (unpaired) electrons. The molecule has 1 N–H and O–H groups in total. The second-order valence-electron chi connectivity index (χ2n) is 7.36. The molecule has 0 spiro atoms. The number of hydrogen-bond donors (Lipinski definition) is 1. The molecule has 3 aromatic carbocycles. The molecule has 8 heteroatoms. The van der Waals surface area contributed by atoms with Crippen LogP contribution in [0.3, 0.4) is 0 Å². The molecule has 2 aliphatic rings. The maximum Gasteiger partial charge on any atom is 0.266 e. The number of rotatable bonds is 3. The van der Waals surface area contributed by atoms with E-state index in [0.717, 1.165) is 10.5 Å². The fourth-order valence-electron chi connectivity index (χ4n) is 4.12. The fraction of sp³-hybridized carbons (Fsp3) is 0.130. The second-order valence-corrected chi connectivity index (χ2v) is 8.20. The zero-order valence-corrected chi connectivity index (χ0v) is 17.5. The molecule has 0 saturated carbocycles. The van der Waals surface area contributed by atoms with Gasteiger partial charge >= 0.3 is 0 Å². The van der Waals surface area contributed by atoms with Crippen LogP contribution in [0.2, 0.25) is 10.0 Å². The first-order valence-electron chi connectivity index (χ1n) is 9.58. The number of hydroxylamine groups is 1. The summed E-state index contributed by atoms with van der Waals surface area (Å²) in [4.78, 5) is 33.9. The van der Waals surface area contributed by atoms with Crippen molar-refractivity contribution in [1.82, 2.24) is 0 Å². The first-order chi connectivity index (χ1) is 15.0. The summed E-state index contributed by atoms with van der Waals surface area (Å²) in [5.74, 6) is -1.57. The van der Waals surface area contributed by atoms with Crippen LogP contribution in [0, 0.1) is 5.92 Å². The number of imide groups is 1. The molecule has 0 aromatic heterocycles. The third kappa shape index (κ3) is 3.24. The van der Waals surface area contributed by atoms with Crippen molar-refractivity contribution in [2.45, 2.75) is 12.1 Å². The highest BCUT2D eigenvalue weighted by Gasteiger charge is 2.60. The highest BCUT2D eigenvalue weighted by molar-refractivity contribution is 6.38. The van der Waals surface area contributed by atoms with Crippen molar-refractivity contribution in [3.63, 3.8) is 0 Å². The fourth-order valence-corrected chi connectivity index (χ4v) is 4.62. The summed E-state index contributed by atoms with van der Waals surface area (Å²) in [7, 11) is 0. The summed E-state index contributed by atoms with van der Waals surface area (Å²) in [5, 5.41) is 11.9. The van der Waals surface area contributed by atoms with E-state index in [9.17, 15) is 14.7 Å². The van der Waals surface area contributed by atoms with Crippen molar-refractivity contribution in [3.05, 3.63) is 88.4 Å². The van der Waals surface area contributed by atoms with Crippen molar-refractivity contribution in [2.24, 2.45) is 5.92 Å². The van der Waals surface area contributed by atoms with Crippen LogP contribution in [0.1, 0.15) is 11.6 Å². The molecule has 5 rings (SSSR count).